The molecule has 0 aliphatic carbocycles. The SMILES string of the molecule is CCCCCCCC[C@@H](/C=C/C=C/c1ccccc1CCCCCO)OC(C)=O. The zero-order valence-corrected chi connectivity index (χ0v) is 18.4. The van der Waals surface area contributed by atoms with Crippen molar-refractivity contribution in [2.24, 2.45) is 0 Å². The number of rotatable bonds is 16. The van der Waals surface area contributed by atoms with Gasteiger partial charge in [-0.2, -0.15) is 0 Å². The molecule has 1 N–H and O–H groups in total. The third-order valence-electron chi connectivity index (χ3n) is 5.03. The zero-order chi connectivity index (χ0) is 21.2. The molecule has 3 heteroatoms. The summed E-state index contributed by atoms with van der Waals surface area (Å²) < 4.78 is 5.45. The van der Waals surface area contributed by atoms with Gasteiger partial charge in [0.1, 0.15) is 6.10 Å². The molecule has 0 saturated heterocycles. The first-order chi connectivity index (χ1) is 14.2. The average Bonchev–Trinajstić information content (AvgIpc) is 2.71. The minimum Gasteiger partial charge on any atom is -0.458 e. The van der Waals surface area contributed by atoms with Gasteiger partial charge in [0.05, 0.1) is 0 Å². The summed E-state index contributed by atoms with van der Waals surface area (Å²) in [7, 11) is 0. The number of aliphatic hydroxyl groups is 1. The molecule has 0 spiro atoms. The second kappa shape index (κ2) is 17.0. The fourth-order valence-electron chi connectivity index (χ4n) is 3.41. The van der Waals surface area contributed by atoms with Crippen molar-refractivity contribution < 1.29 is 14.6 Å². The molecule has 1 aromatic rings. The summed E-state index contributed by atoms with van der Waals surface area (Å²) in [5.74, 6) is -0.220. The largest absolute Gasteiger partial charge is 0.458 e. The van der Waals surface area contributed by atoms with Gasteiger partial charge in [0.15, 0.2) is 0 Å². The van der Waals surface area contributed by atoms with Crippen LogP contribution in [0.3, 0.4) is 0 Å². The molecular formula is C26H40O3. The zero-order valence-electron chi connectivity index (χ0n) is 18.4. The van der Waals surface area contributed by atoms with Crippen molar-refractivity contribution >= 4 is 12.0 Å². The van der Waals surface area contributed by atoms with Crippen LogP contribution in [0.15, 0.2) is 42.5 Å². The number of carbonyl (C=O) groups excluding carboxylic acids is 1. The highest BCUT2D eigenvalue weighted by Crippen LogP contribution is 2.15. The molecule has 29 heavy (non-hydrogen) atoms. The highest BCUT2D eigenvalue weighted by Gasteiger charge is 2.07. The third kappa shape index (κ3) is 13.1. The summed E-state index contributed by atoms with van der Waals surface area (Å²) in [5, 5.41) is 8.91. The summed E-state index contributed by atoms with van der Waals surface area (Å²) >= 11 is 0. The Kier molecular flexibility index (Phi) is 14.8. The van der Waals surface area contributed by atoms with Gasteiger partial charge >= 0.3 is 5.97 Å². The van der Waals surface area contributed by atoms with Gasteiger partial charge in [0.2, 0.25) is 0 Å². The molecule has 0 fully saturated rings. The smallest absolute Gasteiger partial charge is 0.303 e. The Balaban J connectivity index is 2.53. The van der Waals surface area contributed by atoms with E-state index in [1.807, 2.05) is 18.2 Å². The van der Waals surface area contributed by atoms with Crippen LogP contribution in [0.2, 0.25) is 0 Å². The number of unbranched alkanes of at least 4 members (excludes halogenated alkanes) is 7. The first-order valence-corrected chi connectivity index (χ1v) is 11.4. The molecule has 1 atom stereocenters. The molecule has 1 aromatic carbocycles. The standard InChI is InChI=1S/C26H40O3/c1-3-4-5-6-7-10-20-26(29-23(2)28)21-14-13-19-25-18-12-11-17-24(25)16-9-8-15-22-27/h11-14,17-19,21,26-27H,3-10,15-16,20,22H2,1-2H3/b19-13+,21-14+/t26-/m0/s1. The van der Waals surface area contributed by atoms with Gasteiger partial charge in [0.25, 0.3) is 0 Å². The quantitative estimate of drug-likeness (QED) is 0.192. The van der Waals surface area contributed by atoms with E-state index in [0.29, 0.717) is 0 Å². The molecule has 0 aliphatic rings. The van der Waals surface area contributed by atoms with Gasteiger partial charge in [-0.15, -0.1) is 0 Å². The summed E-state index contributed by atoms with van der Waals surface area (Å²) in [5.41, 5.74) is 2.56. The van der Waals surface area contributed by atoms with Crippen LogP contribution in [0.25, 0.3) is 6.08 Å². The fraction of sp³-hybridized carbons (Fsp3) is 0.577. The fourth-order valence-corrected chi connectivity index (χ4v) is 3.41. The molecule has 0 heterocycles. The number of ether oxygens (including phenoxy) is 1. The summed E-state index contributed by atoms with van der Waals surface area (Å²) in [6, 6.07) is 8.43. The van der Waals surface area contributed by atoms with Crippen LogP contribution >= 0.6 is 0 Å². The summed E-state index contributed by atoms with van der Waals surface area (Å²) in [4.78, 5) is 11.4. The molecule has 1 rings (SSSR count). The van der Waals surface area contributed by atoms with Crippen molar-refractivity contribution in [2.45, 2.75) is 90.6 Å². The van der Waals surface area contributed by atoms with Crippen molar-refractivity contribution in [3.63, 3.8) is 0 Å². The molecule has 0 unspecified atom stereocenters. The Morgan fingerprint density at radius 2 is 1.72 bits per heavy atom. The average molecular weight is 401 g/mol. The van der Waals surface area contributed by atoms with E-state index < -0.39 is 0 Å². The first kappa shape index (κ1) is 25.2. The predicted molar refractivity (Wildman–Crippen MR) is 123 cm³/mol. The lowest BCUT2D eigenvalue weighted by atomic mass is 10.0. The molecule has 0 aliphatic heterocycles. The summed E-state index contributed by atoms with van der Waals surface area (Å²) in [6.45, 7) is 3.98. The lowest BCUT2D eigenvalue weighted by Crippen LogP contribution is -2.13. The highest BCUT2D eigenvalue weighted by molar-refractivity contribution is 5.66. The van der Waals surface area contributed by atoms with E-state index in [4.69, 9.17) is 9.84 Å². The maximum absolute atomic E-state index is 11.4. The van der Waals surface area contributed by atoms with Gasteiger partial charge in [-0.1, -0.05) is 87.9 Å². The number of benzene rings is 1. The maximum atomic E-state index is 11.4. The van der Waals surface area contributed by atoms with E-state index in [1.54, 1.807) is 0 Å². The molecule has 0 saturated carbocycles. The second-order valence-electron chi connectivity index (χ2n) is 7.68. The van der Waals surface area contributed by atoms with Crippen LogP contribution < -0.4 is 0 Å². The van der Waals surface area contributed by atoms with E-state index in [9.17, 15) is 4.79 Å². The Labute approximate surface area is 177 Å². The van der Waals surface area contributed by atoms with Gasteiger partial charge in [-0.25, -0.2) is 0 Å². The third-order valence-corrected chi connectivity index (χ3v) is 5.03. The van der Waals surface area contributed by atoms with Crippen LogP contribution in [-0.4, -0.2) is 23.8 Å². The predicted octanol–water partition coefficient (Wildman–Crippen LogP) is 6.64. The van der Waals surface area contributed by atoms with Crippen molar-refractivity contribution in [2.75, 3.05) is 6.61 Å². The number of aryl methyl sites for hydroxylation is 1. The lowest BCUT2D eigenvalue weighted by molar-refractivity contribution is -0.144. The molecule has 0 radical (unpaired) electrons. The van der Waals surface area contributed by atoms with Crippen molar-refractivity contribution in [3.8, 4) is 0 Å². The number of hydrogen-bond acceptors (Lipinski definition) is 3. The molecule has 3 nitrogen and oxygen atoms in total. The molecule has 162 valence electrons. The number of aliphatic hydroxyl groups excluding tert-OH is 1. The Bertz CT molecular complexity index is 604. The van der Waals surface area contributed by atoms with Crippen LogP contribution in [0.5, 0.6) is 0 Å². The van der Waals surface area contributed by atoms with E-state index in [2.05, 4.69) is 37.3 Å². The Morgan fingerprint density at radius 3 is 2.48 bits per heavy atom. The molecular weight excluding hydrogens is 360 g/mol. The Morgan fingerprint density at radius 1 is 1.00 bits per heavy atom. The van der Waals surface area contributed by atoms with Gasteiger partial charge in [-0.3, -0.25) is 4.79 Å². The van der Waals surface area contributed by atoms with E-state index in [1.165, 1.54) is 50.2 Å². The first-order valence-electron chi connectivity index (χ1n) is 11.4. The maximum Gasteiger partial charge on any atom is 0.303 e. The minimum absolute atomic E-state index is 0.142. The number of allylic oxidation sites excluding steroid dienone is 2. The Hall–Kier alpha value is -1.87. The van der Waals surface area contributed by atoms with Crippen molar-refractivity contribution in [1.29, 1.82) is 0 Å². The van der Waals surface area contributed by atoms with Crippen molar-refractivity contribution in [1.82, 2.24) is 0 Å². The summed E-state index contributed by atoms with van der Waals surface area (Å²) in [6.07, 6.45) is 20.3. The number of esters is 1. The normalized spacial score (nSPS) is 12.7. The molecule has 0 aromatic heterocycles. The van der Waals surface area contributed by atoms with Crippen LogP contribution in [0.4, 0.5) is 0 Å². The number of carbonyl (C=O) groups is 1. The number of hydrogen-bond donors (Lipinski definition) is 1. The van der Waals surface area contributed by atoms with Crippen LogP contribution in [0.1, 0.15) is 89.2 Å². The molecule has 0 bridgehead atoms. The van der Waals surface area contributed by atoms with Crippen LogP contribution in [0, 0.1) is 0 Å². The van der Waals surface area contributed by atoms with Gasteiger partial charge in [-0.05, 0) is 49.3 Å². The van der Waals surface area contributed by atoms with Gasteiger partial charge in [0, 0.05) is 13.5 Å². The van der Waals surface area contributed by atoms with E-state index >= 15 is 0 Å². The topological polar surface area (TPSA) is 46.5 Å². The van der Waals surface area contributed by atoms with E-state index in [0.717, 1.165) is 38.5 Å². The molecule has 0 amide bonds. The lowest BCUT2D eigenvalue weighted by Gasteiger charge is -2.12. The minimum atomic E-state index is -0.220. The second-order valence-corrected chi connectivity index (χ2v) is 7.68. The highest BCUT2D eigenvalue weighted by atomic mass is 16.5. The van der Waals surface area contributed by atoms with Crippen molar-refractivity contribution in [3.05, 3.63) is 53.6 Å². The van der Waals surface area contributed by atoms with Crippen LogP contribution in [-0.2, 0) is 16.0 Å². The monoisotopic (exact) mass is 400 g/mol. The van der Waals surface area contributed by atoms with Gasteiger partial charge < -0.3 is 9.84 Å². The van der Waals surface area contributed by atoms with E-state index in [-0.39, 0.29) is 18.7 Å².